The molecule has 0 aliphatic carbocycles. The Labute approximate surface area is 124 Å². The second-order valence-corrected chi connectivity index (χ2v) is 4.97. The lowest BCUT2D eigenvalue weighted by atomic mass is 10.1. The Bertz CT molecular complexity index is 760. The predicted molar refractivity (Wildman–Crippen MR) is 87.7 cm³/mol. The van der Waals surface area contributed by atoms with Crippen molar-refractivity contribution >= 4 is 11.4 Å². The SMILES string of the molecule is CNc1ccc(-n2nc(C)cc2-c2ccccc2)cc1N. The molecule has 0 amide bonds. The lowest BCUT2D eigenvalue weighted by Crippen LogP contribution is -2.02. The molecule has 1 heterocycles. The predicted octanol–water partition coefficient (Wildman–Crippen LogP) is 3.47. The Morgan fingerprint density at radius 3 is 2.48 bits per heavy atom. The van der Waals surface area contributed by atoms with Gasteiger partial charge in [-0.25, -0.2) is 4.68 Å². The number of rotatable bonds is 3. The Hall–Kier alpha value is -2.75. The van der Waals surface area contributed by atoms with E-state index < -0.39 is 0 Å². The standard InChI is InChI=1S/C17H18N4/c1-12-10-17(13-6-4-3-5-7-13)21(20-12)14-8-9-16(19-2)15(18)11-14/h3-11,19H,18H2,1-2H3. The molecule has 0 atom stereocenters. The molecule has 2 aromatic carbocycles. The van der Waals surface area contributed by atoms with Gasteiger partial charge in [-0.2, -0.15) is 5.10 Å². The molecule has 0 bridgehead atoms. The van der Waals surface area contributed by atoms with Crippen molar-refractivity contribution in [3.05, 3.63) is 60.3 Å². The zero-order valence-corrected chi connectivity index (χ0v) is 12.2. The number of nitrogens with two attached hydrogens (primary N) is 1. The maximum atomic E-state index is 6.06. The van der Waals surface area contributed by atoms with Gasteiger partial charge in [0.05, 0.1) is 28.5 Å². The van der Waals surface area contributed by atoms with Crippen molar-refractivity contribution in [2.75, 3.05) is 18.1 Å². The highest BCUT2D eigenvalue weighted by Gasteiger charge is 2.10. The summed E-state index contributed by atoms with van der Waals surface area (Å²) in [6, 6.07) is 18.2. The van der Waals surface area contributed by atoms with Crippen molar-refractivity contribution in [3.63, 3.8) is 0 Å². The van der Waals surface area contributed by atoms with Crippen molar-refractivity contribution in [2.24, 2.45) is 0 Å². The monoisotopic (exact) mass is 278 g/mol. The molecule has 3 aromatic rings. The van der Waals surface area contributed by atoms with Gasteiger partial charge in [-0.05, 0) is 31.2 Å². The second-order valence-electron chi connectivity index (χ2n) is 4.97. The molecule has 0 radical (unpaired) electrons. The molecule has 21 heavy (non-hydrogen) atoms. The van der Waals surface area contributed by atoms with Crippen LogP contribution < -0.4 is 11.1 Å². The molecule has 0 unspecified atom stereocenters. The van der Waals surface area contributed by atoms with Crippen LogP contribution in [0.1, 0.15) is 5.69 Å². The van der Waals surface area contributed by atoms with Gasteiger partial charge in [0.25, 0.3) is 0 Å². The van der Waals surface area contributed by atoms with Crippen LogP contribution in [0.3, 0.4) is 0 Å². The Morgan fingerprint density at radius 2 is 1.81 bits per heavy atom. The summed E-state index contributed by atoms with van der Waals surface area (Å²) >= 11 is 0. The van der Waals surface area contributed by atoms with Crippen LogP contribution in [0.4, 0.5) is 11.4 Å². The van der Waals surface area contributed by atoms with E-state index in [9.17, 15) is 0 Å². The number of nitrogens with one attached hydrogen (secondary N) is 1. The number of aryl methyl sites for hydroxylation is 1. The quantitative estimate of drug-likeness (QED) is 0.721. The molecular formula is C17H18N4. The summed E-state index contributed by atoms with van der Waals surface area (Å²) in [6.07, 6.45) is 0. The number of hydrogen-bond acceptors (Lipinski definition) is 3. The molecule has 0 fully saturated rings. The first kappa shape index (κ1) is 13.2. The molecule has 3 rings (SSSR count). The molecule has 4 heteroatoms. The molecule has 106 valence electrons. The zero-order chi connectivity index (χ0) is 14.8. The maximum Gasteiger partial charge on any atom is 0.0743 e. The molecule has 0 aliphatic heterocycles. The van der Waals surface area contributed by atoms with Crippen molar-refractivity contribution in [1.29, 1.82) is 0 Å². The second kappa shape index (κ2) is 5.32. The number of nitrogen functional groups attached to an aromatic ring is 1. The van der Waals surface area contributed by atoms with E-state index in [0.29, 0.717) is 5.69 Å². The topological polar surface area (TPSA) is 55.9 Å². The van der Waals surface area contributed by atoms with E-state index in [1.807, 2.05) is 55.1 Å². The largest absolute Gasteiger partial charge is 0.397 e. The summed E-state index contributed by atoms with van der Waals surface area (Å²) in [5.74, 6) is 0. The molecule has 3 N–H and O–H groups in total. The number of anilines is 2. The molecule has 0 saturated carbocycles. The number of nitrogens with zero attached hydrogens (tertiary/aromatic N) is 2. The summed E-state index contributed by atoms with van der Waals surface area (Å²) in [4.78, 5) is 0. The minimum absolute atomic E-state index is 0.710. The average Bonchev–Trinajstić information content (AvgIpc) is 2.90. The fourth-order valence-corrected chi connectivity index (χ4v) is 2.42. The van der Waals surface area contributed by atoms with Crippen LogP contribution in [0.25, 0.3) is 16.9 Å². The summed E-state index contributed by atoms with van der Waals surface area (Å²) in [7, 11) is 1.86. The third-order valence-electron chi connectivity index (χ3n) is 3.45. The van der Waals surface area contributed by atoms with Gasteiger partial charge in [-0.3, -0.25) is 0 Å². The van der Waals surface area contributed by atoms with Gasteiger partial charge in [-0.15, -0.1) is 0 Å². The molecule has 0 spiro atoms. The fraction of sp³-hybridized carbons (Fsp3) is 0.118. The lowest BCUT2D eigenvalue weighted by molar-refractivity contribution is 0.870. The summed E-state index contributed by atoms with van der Waals surface area (Å²) in [5.41, 5.74) is 11.8. The summed E-state index contributed by atoms with van der Waals surface area (Å²) in [6.45, 7) is 1.99. The smallest absolute Gasteiger partial charge is 0.0743 e. The Balaban J connectivity index is 2.13. The van der Waals surface area contributed by atoms with E-state index in [1.165, 1.54) is 0 Å². The fourth-order valence-electron chi connectivity index (χ4n) is 2.42. The molecule has 4 nitrogen and oxygen atoms in total. The van der Waals surface area contributed by atoms with Gasteiger partial charge < -0.3 is 11.1 Å². The van der Waals surface area contributed by atoms with Crippen molar-refractivity contribution < 1.29 is 0 Å². The molecular weight excluding hydrogens is 260 g/mol. The van der Waals surface area contributed by atoms with Crippen LogP contribution in [0.2, 0.25) is 0 Å². The van der Waals surface area contributed by atoms with Crippen molar-refractivity contribution in [3.8, 4) is 16.9 Å². The zero-order valence-electron chi connectivity index (χ0n) is 12.2. The van der Waals surface area contributed by atoms with E-state index >= 15 is 0 Å². The van der Waals surface area contributed by atoms with Gasteiger partial charge in [-0.1, -0.05) is 30.3 Å². The van der Waals surface area contributed by atoms with Gasteiger partial charge >= 0.3 is 0 Å². The highest BCUT2D eigenvalue weighted by Crippen LogP contribution is 2.27. The lowest BCUT2D eigenvalue weighted by Gasteiger charge is -2.11. The van der Waals surface area contributed by atoms with Crippen LogP contribution in [-0.4, -0.2) is 16.8 Å². The van der Waals surface area contributed by atoms with Gasteiger partial charge in [0, 0.05) is 12.6 Å². The van der Waals surface area contributed by atoms with E-state index in [1.54, 1.807) is 0 Å². The molecule has 0 aliphatic rings. The van der Waals surface area contributed by atoms with E-state index in [-0.39, 0.29) is 0 Å². The van der Waals surface area contributed by atoms with Crippen LogP contribution in [0, 0.1) is 6.92 Å². The van der Waals surface area contributed by atoms with Gasteiger partial charge in [0.15, 0.2) is 0 Å². The van der Waals surface area contributed by atoms with Crippen molar-refractivity contribution in [2.45, 2.75) is 6.92 Å². The Morgan fingerprint density at radius 1 is 1.05 bits per heavy atom. The first-order valence-corrected chi connectivity index (χ1v) is 6.89. The van der Waals surface area contributed by atoms with E-state index in [0.717, 1.165) is 28.3 Å². The van der Waals surface area contributed by atoms with Gasteiger partial charge in [0.1, 0.15) is 0 Å². The third kappa shape index (κ3) is 2.48. The van der Waals surface area contributed by atoms with Crippen molar-refractivity contribution in [1.82, 2.24) is 9.78 Å². The van der Waals surface area contributed by atoms with E-state index in [4.69, 9.17) is 5.73 Å². The third-order valence-corrected chi connectivity index (χ3v) is 3.45. The normalized spacial score (nSPS) is 10.6. The first-order valence-electron chi connectivity index (χ1n) is 6.89. The van der Waals surface area contributed by atoms with Crippen LogP contribution in [0.5, 0.6) is 0 Å². The summed E-state index contributed by atoms with van der Waals surface area (Å²) < 4.78 is 1.93. The maximum absolute atomic E-state index is 6.06. The van der Waals surface area contributed by atoms with Crippen LogP contribution >= 0.6 is 0 Å². The van der Waals surface area contributed by atoms with Crippen LogP contribution in [0.15, 0.2) is 54.6 Å². The molecule has 1 aromatic heterocycles. The van der Waals surface area contributed by atoms with Gasteiger partial charge in [0.2, 0.25) is 0 Å². The number of hydrogen-bond donors (Lipinski definition) is 2. The highest BCUT2D eigenvalue weighted by molar-refractivity contribution is 5.70. The molecule has 0 saturated heterocycles. The minimum atomic E-state index is 0.710. The van der Waals surface area contributed by atoms with E-state index in [2.05, 4.69) is 28.6 Å². The Kier molecular flexibility index (Phi) is 3.36. The highest BCUT2D eigenvalue weighted by atomic mass is 15.3. The first-order chi connectivity index (χ1) is 10.2. The summed E-state index contributed by atoms with van der Waals surface area (Å²) in [5, 5.41) is 7.67. The number of aromatic nitrogens is 2. The van der Waals surface area contributed by atoms with Crippen LogP contribution in [-0.2, 0) is 0 Å². The average molecular weight is 278 g/mol. The number of benzene rings is 2. The minimum Gasteiger partial charge on any atom is -0.397 e.